The predicted molar refractivity (Wildman–Crippen MR) is 114 cm³/mol. The third-order valence-corrected chi connectivity index (χ3v) is 6.89. The van der Waals surface area contributed by atoms with E-state index in [-0.39, 0.29) is 16.8 Å². The van der Waals surface area contributed by atoms with E-state index in [4.69, 9.17) is 4.74 Å². The molecule has 1 aliphatic carbocycles. The van der Waals surface area contributed by atoms with E-state index >= 15 is 0 Å². The maximum Gasteiger partial charge on any atom is 0.261 e. The second kappa shape index (κ2) is 9.31. The van der Waals surface area contributed by atoms with Gasteiger partial charge in [-0.1, -0.05) is 19.4 Å². The molecular formula is C22H28N2O4S. The molecule has 2 N–H and O–H groups in total. The summed E-state index contributed by atoms with van der Waals surface area (Å²) >= 11 is 0. The Morgan fingerprint density at radius 1 is 1.07 bits per heavy atom. The fourth-order valence-corrected chi connectivity index (χ4v) is 4.77. The maximum atomic E-state index is 12.7. The highest BCUT2D eigenvalue weighted by molar-refractivity contribution is 7.92. The highest BCUT2D eigenvalue weighted by Crippen LogP contribution is 2.27. The third-order valence-electron chi connectivity index (χ3n) is 5.51. The summed E-state index contributed by atoms with van der Waals surface area (Å²) in [7, 11) is -2.26. The molecule has 156 valence electrons. The Morgan fingerprint density at radius 2 is 1.76 bits per heavy atom. The van der Waals surface area contributed by atoms with Gasteiger partial charge in [-0.15, -0.1) is 0 Å². The average molecular weight is 417 g/mol. The summed E-state index contributed by atoms with van der Waals surface area (Å²) in [6.45, 7) is 2.20. The highest BCUT2D eigenvalue weighted by Gasteiger charge is 2.22. The summed E-state index contributed by atoms with van der Waals surface area (Å²) in [6, 6.07) is 12.9. The van der Waals surface area contributed by atoms with Gasteiger partial charge in [0.05, 0.1) is 12.0 Å². The zero-order chi connectivity index (χ0) is 20.9. The van der Waals surface area contributed by atoms with E-state index in [1.165, 1.54) is 18.6 Å². The number of rotatable bonds is 7. The molecule has 0 unspecified atom stereocenters. The van der Waals surface area contributed by atoms with Gasteiger partial charge >= 0.3 is 0 Å². The number of nitrogens with one attached hydrogen (secondary N) is 2. The van der Waals surface area contributed by atoms with Crippen molar-refractivity contribution in [3.05, 3.63) is 54.1 Å². The number of carbonyl (C=O) groups is 1. The van der Waals surface area contributed by atoms with Crippen molar-refractivity contribution >= 4 is 21.6 Å². The van der Waals surface area contributed by atoms with Crippen molar-refractivity contribution in [1.29, 1.82) is 0 Å². The molecule has 0 spiro atoms. The summed E-state index contributed by atoms with van der Waals surface area (Å²) < 4.78 is 33.0. The number of hydrogen-bond acceptors (Lipinski definition) is 4. The van der Waals surface area contributed by atoms with E-state index in [0.29, 0.717) is 17.0 Å². The lowest BCUT2D eigenvalue weighted by molar-refractivity contribution is 0.0921. The molecule has 7 heteroatoms. The number of benzene rings is 2. The minimum absolute atomic E-state index is 0.0515. The number of ether oxygens (including phenoxy) is 1. The second-order valence-corrected chi connectivity index (χ2v) is 9.14. The molecule has 0 atom stereocenters. The lowest BCUT2D eigenvalue weighted by Gasteiger charge is -2.28. The summed E-state index contributed by atoms with van der Waals surface area (Å²) in [5.74, 6) is 1.16. The Morgan fingerprint density at radius 3 is 2.38 bits per heavy atom. The molecule has 2 aromatic carbocycles. The molecule has 3 rings (SSSR count). The van der Waals surface area contributed by atoms with Crippen LogP contribution in [0.25, 0.3) is 0 Å². The molecule has 0 aromatic heterocycles. The molecular weight excluding hydrogens is 388 g/mol. The molecule has 1 aliphatic rings. The van der Waals surface area contributed by atoms with E-state index in [0.717, 1.165) is 31.6 Å². The SMILES string of the molecule is CCC1CCC(NC(=O)c2cccc(S(=O)(=O)Nc3ccc(OC)cc3)c2)CC1. The van der Waals surface area contributed by atoms with Crippen molar-refractivity contribution in [1.82, 2.24) is 5.32 Å². The van der Waals surface area contributed by atoms with E-state index in [1.807, 2.05) is 0 Å². The first kappa shape index (κ1) is 21.2. The van der Waals surface area contributed by atoms with Crippen LogP contribution in [0.3, 0.4) is 0 Å². The molecule has 6 nitrogen and oxygen atoms in total. The van der Waals surface area contributed by atoms with Crippen LogP contribution in [0.1, 0.15) is 49.4 Å². The van der Waals surface area contributed by atoms with Gasteiger partial charge in [-0.2, -0.15) is 0 Å². The van der Waals surface area contributed by atoms with Crippen molar-refractivity contribution in [2.24, 2.45) is 5.92 Å². The predicted octanol–water partition coefficient (Wildman–Crippen LogP) is 4.19. The maximum absolute atomic E-state index is 12.7. The van der Waals surface area contributed by atoms with E-state index < -0.39 is 10.0 Å². The minimum atomic E-state index is -3.80. The fraction of sp³-hybridized carbons (Fsp3) is 0.409. The minimum Gasteiger partial charge on any atom is -0.497 e. The van der Waals surface area contributed by atoms with Crippen LogP contribution < -0.4 is 14.8 Å². The first-order chi connectivity index (χ1) is 13.9. The smallest absolute Gasteiger partial charge is 0.261 e. The zero-order valence-electron chi connectivity index (χ0n) is 16.9. The lowest BCUT2D eigenvalue weighted by atomic mass is 9.84. The van der Waals surface area contributed by atoms with Gasteiger partial charge in [0.15, 0.2) is 0 Å². The Kier molecular flexibility index (Phi) is 6.79. The average Bonchev–Trinajstić information content (AvgIpc) is 2.74. The Balaban J connectivity index is 1.68. The van der Waals surface area contributed by atoms with Crippen LogP contribution in [0.5, 0.6) is 5.75 Å². The van der Waals surface area contributed by atoms with Crippen molar-refractivity contribution in [2.45, 2.75) is 50.0 Å². The van der Waals surface area contributed by atoms with Crippen LogP contribution in [-0.4, -0.2) is 27.5 Å². The molecule has 1 fully saturated rings. The number of hydrogen-bond donors (Lipinski definition) is 2. The topological polar surface area (TPSA) is 84.5 Å². The molecule has 0 heterocycles. The van der Waals surface area contributed by atoms with E-state index in [1.54, 1.807) is 43.5 Å². The molecule has 2 aromatic rings. The molecule has 0 saturated heterocycles. The number of methoxy groups -OCH3 is 1. The van der Waals surface area contributed by atoms with Gasteiger partial charge in [0.2, 0.25) is 0 Å². The van der Waals surface area contributed by atoms with Crippen LogP contribution in [0.15, 0.2) is 53.4 Å². The zero-order valence-corrected chi connectivity index (χ0v) is 17.7. The first-order valence-corrected chi connectivity index (χ1v) is 11.5. The highest BCUT2D eigenvalue weighted by atomic mass is 32.2. The largest absolute Gasteiger partial charge is 0.497 e. The number of anilines is 1. The van der Waals surface area contributed by atoms with Gasteiger partial charge in [0, 0.05) is 17.3 Å². The van der Waals surface area contributed by atoms with Gasteiger partial charge < -0.3 is 10.1 Å². The lowest BCUT2D eigenvalue weighted by Crippen LogP contribution is -2.37. The molecule has 0 radical (unpaired) electrons. The van der Waals surface area contributed by atoms with Gasteiger partial charge in [-0.25, -0.2) is 8.42 Å². The van der Waals surface area contributed by atoms with Gasteiger partial charge in [-0.3, -0.25) is 9.52 Å². The van der Waals surface area contributed by atoms with Crippen LogP contribution in [0, 0.1) is 5.92 Å². The molecule has 1 saturated carbocycles. The third kappa shape index (κ3) is 5.50. The molecule has 0 aliphatic heterocycles. The summed E-state index contributed by atoms with van der Waals surface area (Å²) in [4.78, 5) is 12.7. The van der Waals surface area contributed by atoms with E-state index in [2.05, 4.69) is 17.0 Å². The summed E-state index contributed by atoms with van der Waals surface area (Å²) in [5, 5.41) is 3.05. The molecule has 1 amide bonds. The fourth-order valence-electron chi connectivity index (χ4n) is 3.66. The Hall–Kier alpha value is -2.54. The number of sulfonamides is 1. The quantitative estimate of drug-likeness (QED) is 0.709. The second-order valence-electron chi connectivity index (χ2n) is 7.46. The van der Waals surface area contributed by atoms with Crippen molar-refractivity contribution in [2.75, 3.05) is 11.8 Å². The van der Waals surface area contributed by atoms with Crippen LogP contribution >= 0.6 is 0 Å². The van der Waals surface area contributed by atoms with Crippen LogP contribution in [0.4, 0.5) is 5.69 Å². The van der Waals surface area contributed by atoms with Crippen molar-refractivity contribution < 1.29 is 17.9 Å². The van der Waals surface area contributed by atoms with Crippen molar-refractivity contribution in [3.8, 4) is 5.75 Å². The standard InChI is InChI=1S/C22H28N2O4S/c1-3-16-7-9-18(10-8-16)23-22(25)17-5-4-6-21(15-17)29(26,27)24-19-11-13-20(28-2)14-12-19/h4-6,11-16,18,24H,3,7-10H2,1-2H3,(H,23,25). The van der Waals surface area contributed by atoms with Gasteiger partial charge in [0.1, 0.15) is 5.75 Å². The monoisotopic (exact) mass is 416 g/mol. The van der Waals surface area contributed by atoms with Crippen LogP contribution in [0.2, 0.25) is 0 Å². The first-order valence-electron chi connectivity index (χ1n) is 9.99. The molecule has 29 heavy (non-hydrogen) atoms. The number of amides is 1. The summed E-state index contributed by atoms with van der Waals surface area (Å²) in [5.41, 5.74) is 0.772. The Bertz CT molecular complexity index is 934. The number of carbonyl (C=O) groups excluding carboxylic acids is 1. The summed E-state index contributed by atoms with van der Waals surface area (Å²) in [6.07, 6.45) is 5.38. The van der Waals surface area contributed by atoms with Crippen molar-refractivity contribution in [3.63, 3.8) is 0 Å². The normalized spacial score (nSPS) is 19.4. The Labute approximate surface area is 172 Å². The van der Waals surface area contributed by atoms with Crippen LogP contribution in [-0.2, 0) is 10.0 Å². The molecule has 0 bridgehead atoms. The van der Waals surface area contributed by atoms with Gasteiger partial charge in [-0.05, 0) is 74.1 Å². The van der Waals surface area contributed by atoms with E-state index in [9.17, 15) is 13.2 Å². The van der Waals surface area contributed by atoms with Gasteiger partial charge in [0.25, 0.3) is 15.9 Å².